The van der Waals surface area contributed by atoms with Gasteiger partial charge in [-0.25, -0.2) is 0 Å². The van der Waals surface area contributed by atoms with Gasteiger partial charge in [0, 0.05) is 41.1 Å². The maximum absolute atomic E-state index is 4.85. The van der Waals surface area contributed by atoms with Crippen LogP contribution in [-0.2, 0) is 0 Å². The van der Waals surface area contributed by atoms with Crippen molar-refractivity contribution in [3.63, 3.8) is 0 Å². The maximum Gasteiger partial charge on any atom is 0.0702 e. The summed E-state index contributed by atoms with van der Waals surface area (Å²) in [5, 5.41) is 5.10. The zero-order valence-corrected chi connectivity index (χ0v) is 22.3. The van der Waals surface area contributed by atoms with E-state index in [9.17, 15) is 0 Å². The highest BCUT2D eigenvalue weighted by molar-refractivity contribution is 14.1. The van der Waals surface area contributed by atoms with E-state index in [-0.39, 0.29) is 0 Å². The first-order chi connectivity index (χ1) is 17.7. The predicted octanol–water partition coefficient (Wildman–Crippen LogP) is 10.2. The second kappa shape index (κ2) is 8.84. The lowest BCUT2D eigenvalue weighted by Gasteiger charge is -2.08. The van der Waals surface area contributed by atoms with Gasteiger partial charge in [-0.1, -0.05) is 66.7 Å². The molecule has 36 heavy (non-hydrogen) atoms. The van der Waals surface area contributed by atoms with Crippen LogP contribution in [0.3, 0.4) is 0 Å². The molecule has 3 heteroatoms. The molecule has 0 spiro atoms. The van der Waals surface area contributed by atoms with E-state index < -0.39 is 0 Å². The zero-order valence-electron chi connectivity index (χ0n) is 19.3. The number of fused-ring (bicyclic) bond motifs is 4. The number of pyridine rings is 1. The predicted molar refractivity (Wildman–Crippen MR) is 164 cm³/mol. The quantitative estimate of drug-likeness (QED) is 0.187. The summed E-state index contributed by atoms with van der Waals surface area (Å²) < 4.78 is 3.89. The molecule has 0 radical (unpaired) electrons. The Balaban J connectivity index is 1.23. The number of benzene rings is 5. The summed E-state index contributed by atoms with van der Waals surface area (Å²) in [6.45, 7) is 0. The highest BCUT2D eigenvalue weighted by Gasteiger charge is 2.08. The van der Waals surface area contributed by atoms with Gasteiger partial charge in [0.1, 0.15) is 0 Å². The van der Waals surface area contributed by atoms with E-state index in [0.29, 0.717) is 0 Å². The first-order valence-corrected chi connectivity index (χ1v) is 13.8. The van der Waals surface area contributed by atoms with Crippen LogP contribution < -0.4 is 0 Å². The molecule has 2 heterocycles. The van der Waals surface area contributed by atoms with E-state index in [2.05, 4.69) is 138 Å². The van der Waals surface area contributed by atoms with Crippen LogP contribution in [0.5, 0.6) is 0 Å². The average Bonchev–Trinajstić information content (AvgIpc) is 3.31. The topological polar surface area (TPSA) is 12.9 Å². The number of thiophene rings is 1. The Kier molecular flexibility index (Phi) is 5.33. The van der Waals surface area contributed by atoms with Crippen molar-refractivity contribution in [3.05, 3.63) is 125 Å². The maximum atomic E-state index is 4.85. The van der Waals surface area contributed by atoms with Crippen molar-refractivity contribution in [2.24, 2.45) is 0 Å². The lowest BCUT2D eigenvalue weighted by atomic mass is 9.98. The molecule has 0 amide bonds. The molecule has 7 rings (SSSR count). The zero-order chi connectivity index (χ0) is 24.1. The van der Waals surface area contributed by atoms with Crippen LogP contribution in [0.15, 0.2) is 121 Å². The number of nitrogens with zero attached hydrogens (tertiary/aromatic N) is 1. The van der Waals surface area contributed by atoms with Crippen LogP contribution in [0.1, 0.15) is 0 Å². The molecular formula is C33H20INS. The van der Waals surface area contributed by atoms with Crippen molar-refractivity contribution in [2.45, 2.75) is 0 Å². The highest BCUT2D eigenvalue weighted by atomic mass is 127. The fourth-order valence-corrected chi connectivity index (χ4v) is 6.31. The monoisotopic (exact) mass is 589 g/mol. The summed E-state index contributed by atoms with van der Waals surface area (Å²) in [4.78, 5) is 4.85. The van der Waals surface area contributed by atoms with Gasteiger partial charge in [-0.05, 0) is 98.6 Å². The van der Waals surface area contributed by atoms with Gasteiger partial charge in [0.15, 0.2) is 0 Å². The number of rotatable bonds is 3. The Labute approximate surface area is 227 Å². The molecule has 0 unspecified atom stereocenters. The Morgan fingerprint density at radius 3 is 1.94 bits per heavy atom. The number of aromatic nitrogens is 1. The van der Waals surface area contributed by atoms with E-state index in [4.69, 9.17) is 4.98 Å². The van der Waals surface area contributed by atoms with Crippen LogP contribution in [0.25, 0.3) is 64.5 Å². The first kappa shape index (κ1) is 21.7. The van der Waals surface area contributed by atoms with Crippen molar-refractivity contribution in [2.75, 3.05) is 0 Å². The minimum absolute atomic E-state index is 0.998. The van der Waals surface area contributed by atoms with Crippen molar-refractivity contribution >= 4 is 64.9 Å². The molecule has 5 aromatic carbocycles. The van der Waals surface area contributed by atoms with Crippen LogP contribution in [-0.4, -0.2) is 4.98 Å². The molecule has 2 aromatic heterocycles. The Hall–Kier alpha value is -3.54. The summed E-state index contributed by atoms with van der Waals surface area (Å²) >= 11 is 4.19. The molecule has 0 saturated carbocycles. The van der Waals surface area contributed by atoms with Crippen molar-refractivity contribution < 1.29 is 0 Å². The molecule has 0 saturated heterocycles. The molecular weight excluding hydrogens is 569 g/mol. The number of hydrogen-bond donors (Lipinski definition) is 0. The summed E-state index contributed by atoms with van der Waals surface area (Å²) in [7, 11) is 0. The van der Waals surface area contributed by atoms with Crippen LogP contribution in [0, 0.1) is 3.57 Å². The van der Waals surface area contributed by atoms with Crippen molar-refractivity contribution in [1.82, 2.24) is 4.98 Å². The summed E-state index contributed by atoms with van der Waals surface area (Å²) in [5.74, 6) is 0. The third kappa shape index (κ3) is 3.89. The Morgan fingerprint density at radius 2 is 1.17 bits per heavy atom. The van der Waals surface area contributed by atoms with Gasteiger partial charge in [0.25, 0.3) is 0 Å². The fraction of sp³-hybridized carbons (Fsp3) is 0. The number of hydrogen-bond acceptors (Lipinski definition) is 2. The molecule has 0 fully saturated rings. The normalized spacial score (nSPS) is 11.5. The van der Waals surface area contributed by atoms with Crippen LogP contribution in [0.2, 0.25) is 0 Å². The lowest BCUT2D eigenvalue weighted by Crippen LogP contribution is -1.86. The SMILES string of the molecule is Ic1ccc(-c2ccc3ccc(-c4ccc(-c5ccc6sc7ccccc7c6c5)nc4)cc3c2)cc1. The molecule has 7 aromatic rings. The van der Waals surface area contributed by atoms with Gasteiger partial charge < -0.3 is 0 Å². The van der Waals surface area contributed by atoms with E-state index in [1.54, 1.807) is 0 Å². The minimum Gasteiger partial charge on any atom is -0.256 e. The van der Waals surface area contributed by atoms with Crippen molar-refractivity contribution in [3.8, 4) is 33.5 Å². The molecule has 170 valence electrons. The second-order valence-corrected chi connectivity index (χ2v) is 11.4. The minimum atomic E-state index is 0.998. The van der Waals surface area contributed by atoms with E-state index >= 15 is 0 Å². The largest absolute Gasteiger partial charge is 0.256 e. The molecule has 0 aliphatic heterocycles. The first-order valence-electron chi connectivity index (χ1n) is 11.9. The summed E-state index contributed by atoms with van der Waals surface area (Å²) in [6.07, 6.45) is 2.00. The van der Waals surface area contributed by atoms with Crippen LogP contribution >= 0.6 is 33.9 Å². The van der Waals surface area contributed by atoms with Gasteiger partial charge in [0.05, 0.1) is 5.69 Å². The molecule has 0 aliphatic rings. The van der Waals surface area contributed by atoms with Gasteiger partial charge in [-0.2, -0.15) is 0 Å². The van der Waals surface area contributed by atoms with Gasteiger partial charge >= 0.3 is 0 Å². The second-order valence-electron chi connectivity index (χ2n) is 9.02. The molecule has 0 atom stereocenters. The molecule has 0 aliphatic carbocycles. The molecule has 1 nitrogen and oxygen atoms in total. The summed E-state index contributed by atoms with van der Waals surface area (Å²) in [5.41, 5.74) is 6.93. The molecule has 0 N–H and O–H groups in total. The third-order valence-electron chi connectivity index (χ3n) is 6.79. The highest BCUT2D eigenvalue weighted by Crippen LogP contribution is 2.36. The van der Waals surface area contributed by atoms with Crippen molar-refractivity contribution in [1.29, 1.82) is 0 Å². The third-order valence-corrected chi connectivity index (χ3v) is 8.66. The fourth-order valence-electron chi connectivity index (χ4n) is 4.87. The lowest BCUT2D eigenvalue weighted by molar-refractivity contribution is 1.33. The summed E-state index contributed by atoms with van der Waals surface area (Å²) in [6, 6.07) is 41.6. The van der Waals surface area contributed by atoms with Crippen LogP contribution in [0.4, 0.5) is 0 Å². The molecule has 0 bridgehead atoms. The number of halogens is 1. The smallest absolute Gasteiger partial charge is 0.0702 e. The van der Waals surface area contributed by atoms with Gasteiger partial charge in [-0.3, -0.25) is 4.98 Å². The van der Waals surface area contributed by atoms with Gasteiger partial charge in [0.2, 0.25) is 0 Å². The standard InChI is InChI=1S/C33H20INS/c34-28-13-9-21(10-14-28)23-7-5-22-6-8-24(18-27(22)17-23)26-11-15-31(35-20-26)25-12-16-33-30(19-25)29-3-1-2-4-32(29)36-33/h1-20H. The van der Waals surface area contributed by atoms with E-state index in [0.717, 1.165) is 16.8 Å². The Bertz CT molecular complexity index is 1880. The van der Waals surface area contributed by atoms with Gasteiger partial charge in [-0.15, -0.1) is 11.3 Å². The average molecular weight is 590 g/mol. The van der Waals surface area contributed by atoms with E-state index in [1.165, 1.54) is 51.2 Å². The Morgan fingerprint density at radius 1 is 0.500 bits per heavy atom. The van der Waals surface area contributed by atoms with E-state index in [1.807, 2.05) is 17.5 Å².